The molecule has 10 heteroatoms. The second-order valence-corrected chi connectivity index (χ2v) is 12.6. The molecule has 2 fully saturated rings. The van der Waals surface area contributed by atoms with Gasteiger partial charge in [-0.1, -0.05) is 55.6 Å². The molecule has 9 nitrogen and oxygen atoms in total. The number of hydrogen-bond donors (Lipinski definition) is 3. The average Bonchev–Trinajstić information content (AvgIpc) is 3.50. The molecule has 1 aliphatic heterocycles. The number of nitrogens with one attached hydrogen (secondary N) is 3. The van der Waals surface area contributed by atoms with E-state index in [2.05, 4.69) is 27.2 Å². The predicted octanol–water partition coefficient (Wildman–Crippen LogP) is 6.44. The number of carbonyl (C=O) groups excluding carboxylic acids is 2. The van der Waals surface area contributed by atoms with E-state index in [1.54, 1.807) is 6.20 Å². The van der Waals surface area contributed by atoms with Crippen LogP contribution >= 0.6 is 11.6 Å². The Morgan fingerprint density at radius 3 is 2.58 bits per heavy atom. The molecule has 2 aliphatic rings. The van der Waals surface area contributed by atoms with Crippen LogP contribution in [-0.2, 0) is 4.79 Å². The van der Waals surface area contributed by atoms with Crippen molar-refractivity contribution in [3.63, 3.8) is 0 Å². The molecule has 1 saturated heterocycles. The van der Waals surface area contributed by atoms with Gasteiger partial charge in [-0.3, -0.25) is 9.59 Å². The normalized spacial score (nSPS) is 17.2. The molecule has 2 aromatic heterocycles. The lowest BCUT2D eigenvalue weighted by Gasteiger charge is -2.33. The number of halogens is 1. The van der Waals surface area contributed by atoms with Gasteiger partial charge >= 0.3 is 0 Å². The fourth-order valence-electron chi connectivity index (χ4n) is 6.31. The van der Waals surface area contributed by atoms with Gasteiger partial charge in [-0.2, -0.15) is 0 Å². The number of H-pyrrole nitrogens is 1. The van der Waals surface area contributed by atoms with Crippen LogP contribution in [0.25, 0.3) is 22.3 Å². The second kappa shape index (κ2) is 13.7. The van der Waals surface area contributed by atoms with E-state index in [1.165, 1.54) is 19.3 Å². The van der Waals surface area contributed by atoms with Crippen LogP contribution in [0, 0.1) is 0 Å². The van der Waals surface area contributed by atoms with E-state index in [0.717, 1.165) is 48.0 Å². The van der Waals surface area contributed by atoms with Crippen molar-refractivity contribution in [2.75, 3.05) is 36.9 Å². The number of rotatable bonds is 9. The van der Waals surface area contributed by atoms with Crippen molar-refractivity contribution in [2.45, 2.75) is 57.0 Å². The van der Waals surface area contributed by atoms with Gasteiger partial charge in [-0.15, -0.1) is 0 Å². The number of hydrogen-bond acceptors (Lipinski definition) is 6. The van der Waals surface area contributed by atoms with E-state index in [4.69, 9.17) is 16.6 Å². The molecule has 1 saturated carbocycles. The molecular formula is C35H40ClN7O2. The molecule has 0 unspecified atom stereocenters. The van der Waals surface area contributed by atoms with Crippen LogP contribution in [0.3, 0.4) is 0 Å². The molecular weight excluding hydrogens is 586 g/mol. The molecule has 2 aromatic carbocycles. The van der Waals surface area contributed by atoms with Crippen LogP contribution in [-0.4, -0.2) is 70.4 Å². The van der Waals surface area contributed by atoms with Crippen LogP contribution < -0.4 is 15.5 Å². The highest BCUT2D eigenvalue weighted by Crippen LogP contribution is 2.29. The highest BCUT2D eigenvalue weighted by Gasteiger charge is 2.26. The maximum absolute atomic E-state index is 13.5. The van der Waals surface area contributed by atoms with Gasteiger partial charge in [0.15, 0.2) is 0 Å². The topological polar surface area (TPSA) is 106 Å². The maximum Gasteiger partial charge on any atom is 0.253 e. The number of para-hydroxylation sites is 1. The fourth-order valence-corrected chi connectivity index (χ4v) is 6.51. The number of anilines is 2. The number of nitrogens with zero attached hydrogens (tertiary/aromatic N) is 4. The monoisotopic (exact) mass is 625 g/mol. The standard InChI is InChI=1S/C35H40ClN7O2/c1-23(33(44)38-26-10-4-3-5-11-26)21-42(2)28-16-14-24(15-17-28)34(45)43-18-8-12-27(22-43)39-35-37-20-29(36)32(41-35)31-19-25-9-6-7-13-30(25)40-31/h6-7,9,13-17,19-20,26-27,40H,1,3-5,8,10-12,18,21-22H2,2H3,(H,38,44)(H,37,39,41)/t27-/m1/s1. The molecule has 0 spiro atoms. The Morgan fingerprint density at radius 2 is 1.80 bits per heavy atom. The second-order valence-electron chi connectivity index (χ2n) is 12.2. The number of likely N-dealkylation sites (N-methyl/N-ethyl adjacent to an activating group) is 1. The van der Waals surface area contributed by atoms with E-state index in [9.17, 15) is 9.59 Å². The molecule has 6 rings (SSSR count). The minimum Gasteiger partial charge on any atom is -0.370 e. The van der Waals surface area contributed by atoms with Gasteiger partial charge in [-0.25, -0.2) is 9.97 Å². The molecule has 2 amide bonds. The fraction of sp³-hybridized carbons (Fsp3) is 0.371. The number of amides is 2. The maximum atomic E-state index is 13.5. The molecule has 1 aliphatic carbocycles. The predicted molar refractivity (Wildman–Crippen MR) is 181 cm³/mol. The first-order valence-electron chi connectivity index (χ1n) is 15.8. The van der Waals surface area contributed by atoms with Crippen LogP contribution in [0.5, 0.6) is 0 Å². The number of carbonyl (C=O) groups is 2. The summed E-state index contributed by atoms with van der Waals surface area (Å²) in [5, 5.41) is 8.12. The number of benzene rings is 2. The zero-order valence-electron chi connectivity index (χ0n) is 25.7. The third-order valence-electron chi connectivity index (χ3n) is 8.82. The van der Waals surface area contributed by atoms with Crippen molar-refractivity contribution < 1.29 is 9.59 Å². The Bertz CT molecular complexity index is 1650. The molecule has 234 valence electrons. The third kappa shape index (κ3) is 7.31. The van der Waals surface area contributed by atoms with Gasteiger partial charge < -0.3 is 25.4 Å². The van der Waals surface area contributed by atoms with Crippen molar-refractivity contribution in [3.8, 4) is 11.4 Å². The SMILES string of the molecule is C=C(CN(C)c1ccc(C(=O)N2CCC[C@@H](Nc3ncc(Cl)c(-c4cc5ccccc5[nH]4)n3)C2)cc1)C(=O)NC1CCCCC1. The average molecular weight is 626 g/mol. The molecule has 3 N–H and O–H groups in total. The van der Waals surface area contributed by atoms with Crippen molar-refractivity contribution in [1.82, 2.24) is 25.2 Å². The van der Waals surface area contributed by atoms with Crippen LogP contribution in [0.2, 0.25) is 5.02 Å². The summed E-state index contributed by atoms with van der Waals surface area (Å²) in [5.74, 6) is 0.392. The van der Waals surface area contributed by atoms with Crippen molar-refractivity contribution in [3.05, 3.63) is 83.5 Å². The van der Waals surface area contributed by atoms with Gasteiger partial charge in [0.25, 0.3) is 5.91 Å². The van der Waals surface area contributed by atoms with E-state index in [1.807, 2.05) is 71.4 Å². The Hall–Kier alpha value is -4.37. The Morgan fingerprint density at radius 1 is 1.04 bits per heavy atom. The first-order valence-corrected chi connectivity index (χ1v) is 16.2. The number of piperidine rings is 1. The first-order chi connectivity index (χ1) is 21.8. The smallest absolute Gasteiger partial charge is 0.253 e. The Labute approximate surface area is 269 Å². The van der Waals surface area contributed by atoms with E-state index >= 15 is 0 Å². The number of fused-ring (bicyclic) bond motifs is 1. The highest BCUT2D eigenvalue weighted by molar-refractivity contribution is 6.32. The summed E-state index contributed by atoms with van der Waals surface area (Å²) in [7, 11) is 1.93. The molecule has 3 heterocycles. The number of aromatic nitrogens is 3. The molecule has 0 radical (unpaired) electrons. The van der Waals surface area contributed by atoms with Crippen LogP contribution in [0.15, 0.2) is 72.9 Å². The molecule has 1 atom stereocenters. The molecule has 4 aromatic rings. The van der Waals surface area contributed by atoms with E-state index in [0.29, 0.717) is 47.4 Å². The van der Waals surface area contributed by atoms with E-state index < -0.39 is 0 Å². The summed E-state index contributed by atoms with van der Waals surface area (Å²) in [6, 6.07) is 17.9. The molecule has 0 bridgehead atoms. The van der Waals surface area contributed by atoms with Crippen molar-refractivity contribution >= 4 is 46.0 Å². The summed E-state index contributed by atoms with van der Waals surface area (Å²) < 4.78 is 0. The van der Waals surface area contributed by atoms with Crippen LogP contribution in [0.1, 0.15) is 55.3 Å². The zero-order valence-corrected chi connectivity index (χ0v) is 26.4. The Kier molecular flexibility index (Phi) is 9.35. The van der Waals surface area contributed by atoms with Crippen molar-refractivity contribution in [1.29, 1.82) is 0 Å². The quantitative estimate of drug-likeness (QED) is 0.185. The van der Waals surface area contributed by atoms with Gasteiger partial charge in [0.1, 0.15) is 5.69 Å². The van der Waals surface area contributed by atoms with Crippen LogP contribution in [0.4, 0.5) is 11.6 Å². The largest absolute Gasteiger partial charge is 0.370 e. The van der Waals surface area contributed by atoms with Gasteiger partial charge in [-0.05, 0) is 62.1 Å². The summed E-state index contributed by atoms with van der Waals surface area (Å²) in [5.41, 5.74) is 4.56. The zero-order chi connectivity index (χ0) is 31.3. The van der Waals surface area contributed by atoms with Gasteiger partial charge in [0.2, 0.25) is 11.9 Å². The summed E-state index contributed by atoms with van der Waals surface area (Å²) >= 11 is 6.49. The van der Waals surface area contributed by atoms with Crippen molar-refractivity contribution in [2.24, 2.45) is 0 Å². The third-order valence-corrected chi connectivity index (χ3v) is 9.09. The van der Waals surface area contributed by atoms with Gasteiger partial charge in [0.05, 0.1) is 16.9 Å². The lowest BCUT2D eigenvalue weighted by atomic mass is 9.95. The summed E-state index contributed by atoms with van der Waals surface area (Å²) in [6.07, 6.45) is 9.05. The lowest BCUT2D eigenvalue weighted by Crippen LogP contribution is -2.45. The number of aromatic amines is 1. The lowest BCUT2D eigenvalue weighted by molar-refractivity contribution is -0.118. The summed E-state index contributed by atoms with van der Waals surface area (Å²) in [4.78, 5) is 42.5. The van der Waals surface area contributed by atoms with E-state index in [-0.39, 0.29) is 23.9 Å². The number of likely N-dealkylation sites (tertiary alicyclic amines) is 1. The minimum atomic E-state index is -0.0769. The molecule has 45 heavy (non-hydrogen) atoms. The summed E-state index contributed by atoms with van der Waals surface area (Å²) in [6.45, 7) is 5.68. The Balaban J connectivity index is 1.04. The minimum absolute atomic E-state index is 0.00983. The van der Waals surface area contributed by atoms with Gasteiger partial charge in [0, 0.05) is 66.5 Å². The highest BCUT2D eigenvalue weighted by atomic mass is 35.5. The first kappa shape index (κ1) is 30.6.